The molecule has 2 aromatic heterocycles. The number of rotatable bonds is 8. The van der Waals surface area contributed by atoms with Gasteiger partial charge < -0.3 is 10.3 Å². The third-order valence-corrected chi connectivity index (χ3v) is 7.05. The number of nitrogens with one attached hydrogen (secondary N) is 3. The monoisotopic (exact) mass is 439 g/mol. The molecule has 4 aromatic rings. The minimum Gasteiger partial charge on any atom is -0.361 e. The van der Waals surface area contributed by atoms with E-state index in [1.165, 1.54) is 23.5 Å². The summed E-state index contributed by atoms with van der Waals surface area (Å²) in [5.74, 6) is -0.301. The van der Waals surface area contributed by atoms with Gasteiger partial charge in [0.05, 0.1) is 4.90 Å². The summed E-state index contributed by atoms with van der Waals surface area (Å²) >= 11 is 1.48. The molecule has 0 aliphatic heterocycles. The second kappa shape index (κ2) is 8.83. The number of thiophene rings is 1. The standard InChI is InChI=1S/C22H21N3O3S2/c26-22(23-11-10-17-14-24-21-9-2-1-8-20(17)21)16-5-3-7-19(13-16)30(27,28)25-15-18-6-4-12-29-18/h1-9,12-14,24-25H,10-11,15H2,(H,23,26). The van der Waals surface area contributed by atoms with Gasteiger partial charge in [0.2, 0.25) is 10.0 Å². The fourth-order valence-corrected chi connectivity index (χ4v) is 5.01. The SMILES string of the molecule is O=C(NCCc1c[nH]c2ccccc12)c1cccc(S(=O)(=O)NCc2cccs2)c1. The first-order valence-electron chi connectivity index (χ1n) is 9.48. The summed E-state index contributed by atoms with van der Waals surface area (Å²) in [5.41, 5.74) is 2.50. The Morgan fingerprint density at radius 2 is 1.90 bits per heavy atom. The van der Waals surface area contributed by atoms with Crippen molar-refractivity contribution >= 4 is 38.2 Å². The van der Waals surface area contributed by atoms with Crippen molar-refractivity contribution in [1.82, 2.24) is 15.0 Å². The number of carbonyl (C=O) groups excluding carboxylic acids is 1. The Balaban J connectivity index is 1.38. The number of sulfonamides is 1. The van der Waals surface area contributed by atoms with E-state index in [0.29, 0.717) is 18.5 Å². The smallest absolute Gasteiger partial charge is 0.251 e. The highest BCUT2D eigenvalue weighted by Gasteiger charge is 2.16. The van der Waals surface area contributed by atoms with E-state index >= 15 is 0 Å². The average molecular weight is 440 g/mol. The molecule has 0 saturated heterocycles. The van der Waals surface area contributed by atoms with Crippen LogP contribution in [-0.2, 0) is 23.0 Å². The van der Waals surface area contributed by atoms with Crippen molar-refractivity contribution in [3.63, 3.8) is 0 Å². The predicted octanol–water partition coefficient (Wildman–Crippen LogP) is 3.68. The van der Waals surface area contributed by atoms with Gasteiger partial charge in [0.15, 0.2) is 0 Å². The molecule has 0 atom stereocenters. The summed E-state index contributed by atoms with van der Waals surface area (Å²) in [6.07, 6.45) is 2.62. The molecule has 0 fully saturated rings. The van der Waals surface area contributed by atoms with Crippen molar-refractivity contribution in [2.24, 2.45) is 0 Å². The molecule has 8 heteroatoms. The Bertz CT molecular complexity index is 1260. The van der Waals surface area contributed by atoms with E-state index in [9.17, 15) is 13.2 Å². The number of amides is 1. The van der Waals surface area contributed by atoms with Crippen LogP contribution in [0, 0.1) is 0 Å². The predicted molar refractivity (Wildman–Crippen MR) is 119 cm³/mol. The molecule has 0 saturated carbocycles. The number of benzene rings is 2. The normalized spacial score (nSPS) is 11.6. The van der Waals surface area contributed by atoms with Crippen LogP contribution in [0.3, 0.4) is 0 Å². The molecule has 154 valence electrons. The molecule has 1 amide bonds. The second-order valence-electron chi connectivity index (χ2n) is 6.80. The van der Waals surface area contributed by atoms with Gasteiger partial charge in [-0.15, -0.1) is 11.3 Å². The van der Waals surface area contributed by atoms with Gasteiger partial charge in [0, 0.05) is 40.6 Å². The Hall–Kier alpha value is -2.94. The van der Waals surface area contributed by atoms with Gasteiger partial charge in [-0.25, -0.2) is 13.1 Å². The first-order valence-corrected chi connectivity index (χ1v) is 11.8. The van der Waals surface area contributed by atoms with Crippen LogP contribution in [0.15, 0.2) is 77.1 Å². The van der Waals surface area contributed by atoms with Crippen LogP contribution in [-0.4, -0.2) is 25.9 Å². The largest absolute Gasteiger partial charge is 0.361 e. The molecule has 0 bridgehead atoms. The van der Waals surface area contributed by atoms with Crippen LogP contribution in [0.2, 0.25) is 0 Å². The third-order valence-electron chi connectivity index (χ3n) is 4.78. The lowest BCUT2D eigenvalue weighted by Crippen LogP contribution is -2.27. The van der Waals surface area contributed by atoms with Crippen molar-refractivity contribution in [1.29, 1.82) is 0 Å². The second-order valence-corrected chi connectivity index (χ2v) is 9.60. The molecule has 2 heterocycles. The molecule has 3 N–H and O–H groups in total. The van der Waals surface area contributed by atoms with Gasteiger partial charge in [-0.3, -0.25) is 4.79 Å². The lowest BCUT2D eigenvalue weighted by molar-refractivity contribution is 0.0954. The zero-order valence-corrected chi connectivity index (χ0v) is 17.7. The minimum atomic E-state index is -3.70. The molecule has 6 nitrogen and oxygen atoms in total. The van der Waals surface area contributed by atoms with Gasteiger partial charge in [-0.2, -0.15) is 0 Å². The summed E-state index contributed by atoms with van der Waals surface area (Å²) in [6.45, 7) is 0.676. The van der Waals surface area contributed by atoms with E-state index in [2.05, 4.69) is 15.0 Å². The number of H-pyrrole nitrogens is 1. The molecule has 0 unspecified atom stereocenters. The minimum absolute atomic E-state index is 0.0725. The van der Waals surface area contributed by atoms with Crippen LogP contribution in [0.4, 0.5) is 0 Å². The third kappa shape index (κ3) is 4.62. The molecule has 0 aliphatic rings. The van der Waals surface area contributed by atoms with Crippen LogP contribution in [0.5, 0.6) is 0 Å². The number of fused-ring (bicyclic) bond motifs is 1. The van der Waals surface area contributed by atoms with E-state index in [0.717, 1.165) is 21.3 Å². The molecule has 4 rings (SSSR count). The number of hydrogen-bond acceptors (Lipinski definition) is 4. The maximum Gasteiger partial charge on any atom is 0.251 e. The lowest BCUT2D eigenvalue weighted by Gasteiger charge is -2.09. The van der Waals surface area contributed by atoms with Gasteiger partial charge in [0.1, 0.15) is 0 Å². The summed E-state index contributed by atoms with van der Waals surface area (Å²) in [5, 5.41) is 5.90. The summed E-state index contributed by atoms with van der Waals surface area (Å²) in [7, 11) is -3.70. The molecular formula is C22H21N3O3S2. The van der Waals surface area contributed by atoms with Crippen LogP contribution < -0.4 is 10.0 Å². The van der Waals surface area contributed by atoms with Crippen molar-refractivity contribution < 1.29 is 13.2 Å². The molecular weight excluding hydrogens is 418 g/mol. The van der Waals surface area contributed by atoms with Gasteiger partial charge >= 0.3 is 0 Å². The van der Waals surface area contributed by atoms with E-state index < -0.39 is 10.0 Å². The fourth-order valence-electron chi connectivity index (χ4n) is 3.22. The van der Waals surface area contributed by atoms with Gasteiger partial charge in [-0.05, 0) is 47.7 Å². The Kier molecular flexibility index (Phi) is 5.98. The first-order chi connectivity index (χ1) is 14.5. The molecule has 0 spiro atoms. The van der Waals surface area contributed by atoms with Gasteiger partial charge in [-0.1, -0.05) is 30.3 Å². The highest BCUT2D eigenvalue weighted by atomic mass is 32.2. The average Bonchev–Trinajstić information content (AvgIpc) is 3.43. The summed E-state index contributed by atoms with van der Waals surface area (Å²) < 4.78 is 27.7. The number of hydrogen-bond donors (Lipinski definition) is 3. The highest BCUT2D eigenvalue weighted by Crippen LogP contribution is 2.18. The molecule has 0 radical (unpaired) electrons. The number of carbonyl (C=O) groups is 1. The zero-order chi connectivity index (χ0) is 21.0. The Labute approximate surface area is 179 Å². The lowest BCUT2D eigenvalue weighted by atomic mass is 10.1. The Morgan fingerprint density at radius 1 is 1.03 bits per heavy atom. The maximum atomic E-state index is 12.6. The van der Waals surface area contributed by atoms with E-state index in [4.69, 9.17) is 0 Å². The molecule has 30 heavy (non-hydrogen) atoms. The maximum absolute atomic E-state index is 12.6. The molecule has 0 aliphatic carbocycles. The topological polar surface area (TPSA) is 91.1 Å². The fraction of sp³-hybridized carbons (Fsp3) is 0.136. The number of para-hydroxylation sites is 1. The van der Waals surface area contributed by atoms with E-state index in [-0.39, 0.29) is 17.3 Å². The van der Waals surface area contributed by atoms with Gasteiger partial charge in [0.25, 0.3) is 5.91 Å². The first kappa shape index (κ1) is 20.3. The summed E-state index contributed by atoms with van der Waals surface area (Å²) in [6, 6.07) is 17.8. The van der Waals surface area contributed by atoms with Crippen molar-refractivity contribution in [3.05, 3.63) is 88.2 Å². The van der Waals surface area contributed by atoms with Crippen LogP contribution in [0.1, 0.15) is 20.8 Å². The number of aromatic amines is 1. The van der Waals surface area contributed by atoms with Crippen LogP contribution in [0.25, 0.3) is 10.9 Å². The molecule has 2 aromatic carbocycles. The highest BCUT2D eigenvalue weighted by molar-refractivity contribution is 7.89. The number of aromatic nitrogens is 1. The quantitative estimate of drug-likeness (QED) is 0.391. The van der Waals surface area contributed by atoms with Crippen molar-refractivity contribution in [2.75, 3.05) is 6.54 Å². The van der Waals surface area contributed by atoms with E-state index in [1.54, 1.807) is 12.1 Å². The van der Waals surface area contributed by atoms with Crippen LogP contribution >= 0.6 is 11.3 Å². The Morgan fingerprint density at radius 3 is 2.73 bits per heavy atom. The van der Waals surface area contributed by atoms with Crippen molar-refractivity contribution in [2.45, 2.75) is 17.9 Å². The zero-order valence-electron chi connectivity index (χ0n) is 16.1. The van der Waals surface area contributed by atoms with E-state index in [1.807, 2.05) is 48.0 Å². The summed E-state index contributed by atoms with van der Waals surface area (Å²) in [4.78, 5) is 16.7. The van der Waals surface area contributed by atoms with Crippen molar-refractivity contribution in [3.8, 4) is 0 Å².